The number of nitrogens with zero attached hydrogens (tertiary/aromatic N) is 2. The van der Waals surface area contributed by atoms with Crippen molar-refractivity contribution in [1.82, 2.24) is 9.97 Å². The molecule has 0 unspecified atom stereocenters. The largest absolute Gasteiger partial charge is 0.265 e. The van der Waals surface area contributed by atoms with Gasteiger partial charge in [-0.05, 0) is 94.5 Å². The lowest BCUT2D eigenvalue weighted by atomic mass is 9.84. The van der Waals surface area contributed by atoms with Gasteiger partial charge in [0.1, 0.15) is 0 Å². The second-order valence-corrected chi connectivity index (χ2v) is 11.2. The highest BCUT2D eigenvalue weighted by atomic mass is 79.9. The predicted octanol–water partition coefficient (Wildman–Crippen LogP) is 12.4. The molecule has 2 aromatic heterocycles. The summed E-state index contributed by atoms with van der Waals surface area (Å²) >= 11 is 0. The third kappa shape index (κ3) is 10.8. The summed E-state index contributed by atoms with van der Waals surface area (Å²) in [5.41, 5.74) is 11.0. The van der Waals surface area contributed by atoms with Crippen LogP contribution in [0.15, 0.2) is 85.5 Å². The van der Waals surface area contributed by atoms with Crippen molar-refractivity contribution in [3.8, 4) is 33.4 Å². The third-order valence-electron chi connectivity index (χ3n) is 8.19. The Bertz CT molecular complexity index is 1260. The van der Waals surface area contributed by atoms with E-state index in [0.717, 1.165) is 12.8 Å². The molecule has 0 N–H and O–H groups in total. The van der Waals surface area contributed by atoms with Crippen LogP contribution in [0.1, 0.15) is 102 Å². The van der Waals surface area contributed by atoms with E-state index in [9.17, 15) is 0 Å². The molecule has 2 aromatic carbocycles. The molecule has 4 aromatic rings. The van der Waals surface area contributed by atoms with Crippen LogP contribution >= 0.6 is 34.0 Å². The molecule has 0 aliphatic heterocycles. The Morgan fingerprint density at radius 2 is 0.714 bits per heavy atom. The molecule has 4 rings (SSSR count). The van der Waals surface area contributed by atoms with E-state index in [2.05, 4.69) is 84.5 Å². The Kier molecular flexibility index (Phi) is 17.6. The Morgan fingerprint density at radius 1 is 0.381 bits per heavy atom. The topological polar surface area (TPSA) is 25.8 Å². The minimum absolute atomic E-state index is 0. The number of unbranched alkanes of at least 4 members (excludes halogenated alkanes) is 10. The maximum atomic E-state index is 4.31. The highest BCUT2D eigenvalue weighted by molar-refractivity contribution is 8.93. The van der Waals surface area contributed by atoms with Crippen LogP contribution in [-0.4, -0.2) is 9.97 Å². The van der Waals surface area contributed by atoms with Gasteiger partial charge in [-0.15, -0.1) is 34.0 Å². The fourth-order valence-corrected chi connectivity index (χ4v) is 5.89. The molecule has 42 heavy (non-hydrogen) atoms. The van der Waals surface area contributed by atoms with Crippen LogP contribution in [0.25, 0.3) is 33.4 Å². The normalized spacial score (nSPS) is 10.6. The van der Waals surface area contributed by atoms with Crippen LogP contribution in [0.4, 0.5) is 0 Å². The summed E-state index contributed by atoms with van der Waals surface area (Å²) in [7, 11) is 0. The summed E-state index contributed by atoms with van der Waals surface area (Å²) in [6, 6.07) is 22.4. The molecule has 0 saturated heterocycles. The van der Waals surface area contributed by atoms with Gasteiger partial charge in [0.2, 0.25) is 0 Å². The quantitative estimate of drug-likeness (QED) is 0.103. The van der Waals surface area contributed by atoms with Gasteiger partial charge in [-0.25, -0.2) is 0 Å². The van der Waals surface area contributed by atoms with E-state index >= 15 is 0 Å². The average molecular weight is 695 g/mol. The van der Waals surface area contributed by atoms with Crippen molar-refractivity contribution in [1.29, 1.82) is 0 Å². The zero-order valence-corrected chi connectivity index (χ0v) is 29.1. The lowest BCUT2D eigenvalue weighted by molar-refractivity contribution is 0.599. The zero-order chi connectivity index (χ0) is 27.8. The van der Waals surface area contributed by atoms with Gasteiger partial charge in [-0.2, -0.15) is 0 Å². The van der Waals surface area contributed by atoms with Crippen molar-refractivity contribution in [3.63, 3.8) is 0 Å². The van der Waals surface area contributed by atoms with Crippen LogP contribution in [0, 0.1) is 0 Å². The first kappa shape index (κ1) is 35.9. The van der Waals surface area contributed by atoms with Crippen molar-refractivity contribution in [2.45, 2.75) is 104 Å². The predicted molar refractivity (Wildman–Crippen MR) is 193 cm³/mol. The Hall–Kier alpha value is -2.30. The molecule has 0 radical (unpaired) electrons. The highest BCUT2D eigenvalue weighted by Crippen LogP contribution is 2.36. The van der Waals surface area contributed by atoms with Crippen LogP contribution < -0.4 is 0 Å². The maximum Gasteiger partial charge on any atom is 0.0273 e. The van der Waals surface area contributed by atoms with E-state index in [1.54, 1.807) is 11.1 Å². The number of benzene rings is 2. The fourth-order valence-electron chi connectivity index (χ4n) is 5.89. The summed E-state index contributed by atoms with van der Waals surface area (Å²) in [5, 5.41) is 0. The van der Waals surface area contributed by atoms with Crippen LogP contribution in [0.5, 0.6) is 0 Å². The summed E-state index contributed by atoms with van der Waals surface area (Å²) in [6.07, 6.45) is 25.8. The summed E-state index contributed by atoms with van der Waals surface area (Å²) in [4.78, 5) is 8.49. The summed E-state index contributed by atoms with van der Waals surface area (Å²) in [5.74, 6) is 0. The van der Waals surface area contributed by atoms with Crippen molar-refractivity contribution in [2.75, 3.05) is 0 Å². The molecule has 0 amide bonds. The molecule has 0 bridgehead atoms. The Morgan fingerprint density at radius 3 is 1.17 bits per heavy atom. The van der Waals surface area contributed by atoms with Crippen molar-refractivity contribution in [3.05, 3.63) is 96.6 Å². The van der Waals surface area contributed by atoms with Gasteiger partial charge < -0.3 is 0 Å². The summed E-state index contributed by atoms with van der Waals surface area (Å²) in [6.45, 7) is 4.59. The SMILES string of the molecule is Br.Br.CCCCCCCCc1c(-c2ccncc2)ccc(-c2ccc(-c3ccncc3)cc2)c1CCCCCCCC. The van der Waals surface area contributed by atoms with Crippen LogP contribution in [0.2, 0.25) is 0 Å². The average Bonchev–Trinajstić information content (AvgIpc) is 3.01. The second kappa shape index (κ2) is 20.6. The lowest BCUT2D eigenvalue weighted by Gasteiger charge is -2.20. The number of aromatic nitrogens is 2. The number of hydrogen-bond acceptors (Lipinski definition) is 2. The lowest BCUT2D eigenvalue weighted by Crippen LogP contribution is -2.02. The molecule has 0 aliphatic rings. The Labute approximate surface area is 276 Å². The summed E-state index contributed by atoms with van der Waals surface area (Å²) < 4.78 is 0. The van der Waals surface area contributed by atoms with Crippen LogP contribution in [0.3, 0.4) is 0 Å². The minimum atomic E-state index is 0. The molecule has 0 fully saturated rings. The second-order valence-electron chi connectivity index (χ2n) is 11.2. The van der Waals surface area contributed by atoms with Crippen LogP contribution in [-0.2, 0) is 12.8 Å². The van der Waals surface area contributed by atoms with E-state index < -0.39 is 0 Å². The monoisotopic (exact) mass is 692 g/mol. The standard InChI is InChI=1S/C38H48N2.2BrH/c1-3-5-7-9-11-13-15-37-35(33-19-17-31(18-20-33)32-23-27-39-28-24-32)21-22-36(34-25-29-40-30-26-34)38(37)16-14-12-10-8-6-4-2;;/h17-30H,3-16H2,1-2H3;2*1H. The zero-order valence-electron chi connectivity index (χ0n) is 25.7. The van der Waals surface area contributed by atoms with Gasteiger partial charge in [-0.3, -0.25) is 9.97 Å². The van der Waals surface area contributed by atoms with Crippen molar-refractivity contribution in [2.24, 2.45) is 0 Å². The van der Waals surface area contributed by atoms with Gasteiger partial charge in [-0.1, -0.05) is 114 Å². The molecule has 0 spiro atoms. The first-order valence-corrected chi connectivity index (χ1v) is 15.9. The first-order valence-electron chi connectivity index (χ1n) is 15.9. The molecule has 0 saturated carbocycles. The van der Waals surface area contributed by atoms with Gasteiger partial charge in [0, 0.05) is 24.8 Å². The Balaban J connectivity index is 0.00000308. The number of pyridine rings is 2. The molecule has 2 heterocycles. The smallest absolute Gasteiger partial charge is 0.0273 e. The maximum absolute atomic E-state index is 4.31. The van der Waals surface area contributed by atoms with Crippen molar-refractivity contribution >= 4 is 34.0 Å². The van der Waals surface area contributed by atoms with E-state index in [4.69, 9.17) is 0 Å². The van der Waals surface area contributed by atoms with E-state index in [0.29, 0.717) is 0 Å². The molecule has 0 atom stereocenters. The number of halogens is 2. The number of hydrogen-bond donors (Lipinski definition) is 0. The molecule has 226 valence electrons. The van der Waals surface area contributed by atoms with Gasteiger partial charge in [0.05, 0.1) is 0 Å². The van der Waals surface area contributed by atoms with E-state index in [1.807, 2.05) is 24.8 Å². The molecule has 2 nitrogen and oxygen atoms in total. The van der Waals surface area contributed by atoms with Gasteiger partial charge in [0.15, 0.2) is 0 Å². The molecular formula is C38H50Br2N2. The van der Waals surface area contributed by atoms with E-state index in [1.165, 1.54) is 110 Å². The number of rotatable bonds is 17. The van der Waals surface area contributed by atoms with Crippen molar-refractivity contribution < 1.29 is 0 Å². The fraction of sp³-hybridized carbons (Fsp3) is 0.421. The molecule has 4 heteroatoms. The third-order valence-corrected chi connectivity index (χ3v) is 8.19. The highest BCUT2D eigenvalue weighted by Gasteiger charge is 2.16. The van der Waals surface area contributed by atoms with Gasteiger partial charge in [0.25, 0.3) is 0 Å². The first-order chi connectivity index (χ1) is 19.8. The minimum Gasteiger partial charge on any atom is -0.265 e. The van der Waals surface area contributed by atoms with E-state index in [-0.39, 0.29) is 34.0 Å². The van der Waals surface area contributed by atoms with Gasteiger partial charge >= 0.3 is 0 Å². The molecule has 0 aliphatic carbocycles. The molecular weight excluding hydrogens is 644 g/mol.